The van der Waals surface area contributed by atoms with E-state index in [-0.39, 0.29) is 22.4 Å². The molecule has 0 spiro atoms. The lowest BCUT2D eigenvalue weighted by atomic mass is 9.95. The summed E-state index contributed by atoms with van der Waals surface area (Å²) in [7, 11) is 0. The zero-order valence-corrected chi connectivity index (χ0v) is 13.7. The first-order chi connectivity index (χ1) is 10.4. The SMILES string of the molecule is NC(=O)Cc1[nH]c(=S)n2c1CC(c1c(F)ccc(Br)c1F)C2. The van der Waals surface area contributed by atoms with Gasteiger partial charge in [-0.3, -0.25) is 4.79 Å². The molecule has 4 nitrogen and oxygen atoms in total. The summed E-state index contributed by atoms with van der Waals surface area (Å²) < 4.78 is 30.7. The van der Waals surface area contributed by atoms with E-state index in [2.05, 4.69) is 20.9 Å². The Hall–Kier alpha value is -1.54. The third-order valence-corrected chi connectivity index (χ3v) is 4.79. The number of nitrogens with one attached hydrogen (secondary N) is 1. The van der Waals surface area contributed by atoms with E-state index in [1.165, 1.54) is 12.1 Å². The first-order valence-electron chi connectivity index (χ1n) is 6.60. The summed E-state index contributed by atoms with van der Waals surface area (Å²) in [5.41, 5.74) is 6.66. The number of amides is 1. The van der Waals surface area contributed by atoms with E-state index < -0.39 is 17.5 Å². The van der Waals surface area contributed by atoms with Gasteiger partial charge in [-0.25, -0.2) is 8.78 Å². The molecule has 0 radical (unpaired) electrons. The van der Waals surface area contributed by atoms with E-state index in [1.807, 2.05) is 0 Å². The smallest absolute Gasteiger partial charge is 0.223 e. The van der Waals surface area contributed by atoms with Crippen LogP contribution in [0.1, 0.15) is 22.9 Å². The number of fused-ring (bicyclic) bond motifs is 1. The van der Waals surface area contributed by atoms with Gasteiger partial charge in [-0.05, 0) is 46.7 Å². The fourth-order valence-electron chi connectivity index (χ4n) is 2.93. The molecule has 8 heteroatoms. The predicted octanol–water partition coefficient (Wildman–Crippen LogP) is 2.95. The molecule has 2 heterocycles. The summed E-state index contributed by atoms with van der Waals surface area (Å²) in [6.07, 6.45) is 0.433. The molecule has 22 heavy (non-hydrogen) atoms. The van der Waals surface area contributed by atoms with Crippen LogP contribution in [-0.4, -0.2) is 15.5 Å². The van der Waals surface area contributed by atoms with Crippen LogP contribution in [0.15, 0.2) is 16.6 Å². The van der Waals surface area contributed by atoms with Crippen LogP contribution in [-0.2, 0) is 24.2 Å². The predicted molar refractivity (Wildman–Crippen MR) is 83.0 cm³/mol. The van der Waals surface area contributed by atoms with Crippen LogP contribution in [0.4, 0.5) is 8.78 Å². The molecule has 1 unspecified atom stereocenters. The largest absolute Gasteiger partial charge is 0.369 e. The minimum atomic E-state index is -0.595. The lowest BCUT2D eigenvalue weighted by Crippen LogP contribution is -2.15. The Kier molecular flexibility index (Phi) is 3.90. The van der Waals surface area contributed by atoms with Crippen molar-refractivity contribution in [2.45, 2.75) is 25.3 Å². The van der Waals surface area contributed by atoms with Crippen molar-refractivity contribution >= 4 is 34.1 Å². The second-order valence-electron chi connectivity index (χ2n) is 5.27. The molecule has 3 rings (SSSR count). The lowest BCUT2D eigenvalue weighted by Gasteiger charge is -2.13. The van der Waals surface area contributed by atoms with Crippen LogP contribution >= 0.6 is 28.1 Å². The van der Waals surface area contributed by atoms with Crippen LogP contribution in [0, 0.1) is 16.4 Å². The van der Waals surface area contributed by atoms with E-state index >= 15 is 0 Å². The van der Waals surface area contributed by atoms with Crippen LogP contribution in [0.25, 0.3) is 0 Å². The summed E-state index contributed by atoms with van der Waals surface area (Å²) in [5, 5.41) is 0. The molecule has 0 aliphatic carbocycles. The van der Waals surface area contributed by atoms with Gasteiger partial charge < -0.3 is 15.3 Å². The number of carbonyl (C=O) groups is 1. The monoisotopic (exact) mass is 387 g/mol. The summed E-state index contributed by atoms with van der Waals surface area (Å²) in [6, 6.07) is 2.58. The Bertz CT molecular complexity index is 830. The number of nitrogens with two attached hydrogens (primary N) is 1. The third-order valence-electron chi connectivity index (χ3n) is 3.86. The number of halogens is 3. The van der Waals surface area contributed by atoms with E-state index in [9.17, 15) is 13.6 Å². The molecule has 2 aromatic rings. The molecule has 1 amide bonds. The van der Waals surface area contributed by atoms with Gasteiger partial charge in [0.15, 0.2) is 4.77 Å². The minimum absolute atomic E-state index is 0.0299. The minimum Gasteiger partial charge on any atom is -0.369 e. The van der Waals surface area contributed by atoms with Gasteiger partial charge in [0.25, 0.3) is 0 Å². The molecular weight excluding hydrogens is 376 g/mol. The van der Waals surface area contributed by atoms with Crippen molar-refractivity contribution in [3.63, 3.8) is 0 Å². The maximum absolute atomic E-state index is 14.3. The molecule has 0 saturated carbocycles. The Balaban J connectivity index is 2.01. The highest BCUT2D eigenvalue weighted by Crippen LogP contribution is 2.36. The average Bonchev–Trinajstić information content (AvgIpc) is 2.97. The number of H-pyrrole nitrogens is 1. The molecular formula is C14H12BrF2N3OS. The molecule has 116 valence electrons. The number of benzene rings is 1. The van der Waals surface area contributed by atoms with Crippen molar-refractivity contribution in [2.75, 3.05) is 0 Å². The van der Waals surface area contributed by atoms with Crippen molar-refractivity contribution in [2.24, 2.45) is 5.73 Å². The number of aromatic nitrogens is 2. The second-order valence-corrected chi connectivity index (χ2v) is 6.51. The first-order valence-corrected chi connectivity index (χ1v) is 7.81. The molecule has 1 aromatic heterocycles. The van der Waals surface area contributed by atoms with Crippen molar-refractivity contribution in [1.82, 2.24) is 9.55 Å². The lowest BCUT2D eigenvalue weighted by molar-refractivity contribution is -0.117. The fourth-order valence-corrected chi connectivity index (χ4v) is 3.58. The summed E-state index contributed by atoms with van der Waals surface area (Å²) in [5.74, 6) is -2.02. The van der Waals surface area contributed by atoms with Crippen molar-refractivity contribution in [3.8, 4) is 0 Å². The van der Waals surface area contributed by atoms with Crippen LogP contribution in [0.5, 0.6) is 0 Å². The zero-order valence-electron chi connectivity index (χ0n) is 11.3. The second kappa shape index (κ2) is 5.58. The number of primary amides is 1. The normalized spacial score (nSPS) is 16.8. The van der Waals surface area contributed by atoms with Gasteiger partial charge in [-0.15, -0.1) is 0 Å². The molecule has 0 fully saturated rings. The van der Waals surface area contributed by atoms with E-state index in [4.69, 9.17) is 18.0 Å². The van der Waals surface area contributed by atoms with E-state index in [0.29, 0.717) is 23.4 Å². The van der Waals surface area contributed by atoms with Gasteiger partial charge in [0.2, 0.25) is 5.91 Å². The van der Waals surface area contributed by atoms with Crippen molar-refractivity contribution < 1.29 is 13.6 Å². The Labute approximate surface area is 138 Å². The molecule has 1 aromatic carbocycles. The van der Waals surface area contributed by atoms with Crippen LogP contribution in [0.2, 0.25) is 0 Å². The van der Waals surface area contributed by atoms with Crippen LogP contribution < -0.4 is 5.73 Å². The highest BCUT2D eigenvalue weighted by Gasteiger charge is 2.31. The third kappa shape index (κ3) is 2.50. The van der Waals surface area contributed by atoms with Gasteiger partial charge in [0.05, 0.1) is 10.9 Å². The molecule has 0 bridgehead atoms. The number of carbonyl (C=O) groups excluding carboxylic acids is 1. The Morgan fingerprint density at radius 1 is 1.50 bits per heavy atom. The summed E-state index contributed by atoms with van der Waals surface area (Å²) >= 11 is 8.28. The van der Waals surface area contributed by atoms with Crippen molar-refractivity contribution in [3.05, 3.63) is 50.0 Å². The Morgan fingerprint density at radius 3 is 2.91 bits per heavy atom. The number of rotatable bonds is 3. The highest BCUT2D eigenvalue weighted by atomic mass is 79.9. The van der Waals surface area contributed by atoms with Crippen LogP contribution in [0.3, 0.4) is 0 Å². The van der Waals surface area contributed by atoms with E-state index in [1.54, 1.807) is 4.57 Å². The van der Waals surface area contributed by atoms with Gasteiger partial charge in [-0.2, -0.15) is 0 Å². The summed E-state index contributed by atoms with van der Waals surface area (Å²) in [6.45, 7) is 0.369. The first kappa shape index (κ1) is 15.4. The highest BCUT2D eigenvalue weighted by molar-refractivity contribution is 9.10. The average molecular weight is 388 g/mol. The maximum Gasteiger partial charge on any atom is 0.223 e. The topological polar surface area (TPSA) is 63.8 Å². The number of hydrogen-bond donors (Lipinski definition) is 2. The van der Waals surface area contributed by atoms with E-state index in [0.717, 1.165) is 5.69 Å². The molecule has 1 aliphatic heterocycles. The number of imidazole rings is 1. The Morgan fingerprint density at radius 2 is 2.23 bits per heavy atom. The fraction of sp³-hybridized carbons (Fsp3) is 0.286. The number of aromatic amines is 1. The molecule has 1 atom stereocenters. The van der Waals surface area contributed by atoms with Gasteiger partial charge >= 0.3 is 0 Å². The zero-order chi connectivity index (χ0) is 16.0. The summed E-state index contributed by atoms with van der Waals surface area (Å²) in [4.78, 5) is 14.1. The van der Waals surface area contributed by atoms with Gasteiger partial charge in [0.1, 0.15) is 11.6 Å². The number of nitrogens with zero attached hydrogens (tertiary/aromatic N) is 1. The number of hydrogen-bond acceptors (Lipinski definition) is 2. The quantitative estimate of drug-likeness (QED) is 0.628. The van der Waals surface area contributed by atoms with Crippen molar-refractivity contribution in [1.29, 1.82) is 0 Å². The van der Waals surface area contributed by atoms with Gasteiger partial charge in [-0.1, -0.05) is 0 Å². The van der Waals surface area contributed by atoms with Gasteiger partial charge in [0, 0.05) is 29.4 Å². The molecule has 3 N–H and O–H groups in total. The standard InChI is InChI=1S/C14H12BrF2N3OS/c15-7-1-2-8(16)12(13(7)17)6-3-10-9(4-11(18)21)19-14(22)20(10)5-6/h1-2,6H,3-5H2,(H2,18,21)(H,19,22). The molecule has 1 aliphatic rings. The maximum atomic E-state index is 14.3. The molecule has 0 saturated heterocycles.